The zero-order valence-electron chi connectivity index (χ0n) is 9.85. The van der Waals surface area contributed by atoms with Crippen LogP contribution in [0.5, 0.6) is 0 Å². The molecule has 1 N–H and O–H groups in total. The Kier molecular flexibility index (Phi) is 6.51. The standard InChI is InChI=1S/C12H14N2O3S/c13-6-1-2-8-17-11(15)5-7-14-12(16)10-4-3-9-18-10/h3-4,9H,1-2,5,7-8H2,(H,14,16). The van der Waals surface area contributed by atoms with E-state index in [0.717, 1.165) is 0 Å². The van der Waals surface area contributed by atoms with Gasteiger partial charge in [0.05, 0.1) is 24.0 Å². The van der Waals surface area contributed by atoms with Crippen molar-refractivity contribution in [2.45, 2.75) is 19.3 Å². The lowest BCUT2D eigenvalue weighted by Crippen LogP contribution is -2.25. The van der Waals surface area contributed by atoms with E-state index in [4.69, 9.17) is 10.00 Å². The normalized spacial score (nSPS) is 9.50. The van der Waals surface area contributed by atoms with Gasteiger partial charge in [0.1, 0.15) is 0 Å². The van der Waals surface area contributed by atoms with Gasteiger partial charge in [0.15, 0.2) is 0 Å². The molecule has 5 nitrogen and oxygen atoms in total. The first-order valence-electron chi connectivity index (χ1n) is 5.58. The third-order valence-corrected chi connectivity index (χ3v) is 2.92. The Balaban J connectivity index is 2.09. The van der Waals surface area contributed by atoms with Crippen LogP contribution in [0.15, 0.2) is 17.5 Å². The van der Waals surface area contributed by atoms with E-state index >= 15 is 0 Å². The average Bonchev–Trinajstić information content (AvgIpc) is 2.88. The largest absolute Gasteiger partial charge is 0.466 e. The lowest BCUT2D eigenvalue weighted by atomic mass is 10.3. The molecule has 1 amide bonds. The van der Waals surface area contributed by atoms with Crippen molar-refractivity contribution < 1.29 is 14.3 Å². The number of nitrogens with one attached hydrogen (secondary N) is 1. The molecule has 0 fully saturated rings. The molecule has 0 radical (unpaired) electrons. The summed E-state index contributed by atoms with van der Waals surface area (Å²) in [5.41, 5.74) is 0. The van der Waals surface area contributed by atoms with Crippen LogP contribution in [0.4, 0.5) is 0 Å². The third-order valence-electron chi connectivity index (χ3n) is 2.06. The van der Waals surface area contributed by atoms with Gasteiger partial charge in [-0.25, -0.2) is 0 Å². The second-order valence-electron chi connectivity index (χ2n) is 3.47. The number of nitriles is 1. The van der Waals surface area contributed by atoms with E-state index in [1.54, 1.807) is 12.1 Å². The first-order valence-corrected chi connectivity index (χ1v) is 6.46. The second-order valence-corrected chi connectivity index (χ2v) is 4.41. The van der Waals surface area contributed by atoms with Crippen molar-refractivity contribution in [1.29, 1.82) is 5.26 Å². The number of amides is 1. The van der Waals surface area contributed by atoms with Gasteiger partial charge in [-0.05, 0) is 17.9 Å². The van der Waals surface area contributed by atoms with Crippen LogP contribution in [-0.2, 0) is 9.53 Å². The lowest BCUT2D eigenvalue weighted by molar-refractivity contribution is -0.143. The summed E-state index contributed by atoms with van der Waals surface area (Å²) in [6, 6.07) is 5.49. The Hall–Kier alpha value is -1.87. The fraction of sp³-hybridized carbons (Fsp3) is 0.417. The summed E-state index contributed by atoms with van der Waals surface area (Å²) in [5, 5.41) is 12.7. The maximum atomic E-state index is 11.5. The molecule has 96 valence electrons. The van der Waals surface area contributed by atoms with Gasteiger partial charge in [0.25, 0.3) is 5.91 Å². The summed E-state index contributed by atoms with van der Waals surface area (Å²) in [6.45, 7) is 0.513. The van der Waals surface area contributed by atoms with E-state index in [1.165, 1.54) is 11.3 Å². The van der Waals surface area contributed by atoms with Crippen LogP contribution in [-0.4, -0.2) is 25.0 Å². The highest BCUT2D eigenvalue weighted by atomic mass is 32.1. The Morgan fingerprint density at radius 3 is 3.00 bits per heavy atom. The highest BCUT2D eigenvalue weighted by molar-refractivity contribution is 7.12. The molecule has 0 saturated heterocycles. The predicted octanol–water partition coefficient (Wildman–Crippen LogP) is 1.71. The van der Waals surface area contributed by atoms with E-state index < -0.39 is 0 Å². The quantitative estimate of drug-likeness (QED) is 0.602. The summed E-state index contributed by atoms with van der Waals surface area (Å²) < 4.78 is 4.88. The fourth-order valence-corrected chi connectivity index (χ4v) is 1.82. The summed E-state index contributed by atoms with van der Waals surface area (Å²) >= 11 is 1.35. The van der Waals surface area contributed by atoms with Crippen LogP contribution in [0.3, 0.4) is 0 Å². The zero-order valence-corrected chi connectivity index (χ0v) is 10.7. The van der Waals surface area contributed by atoms with Crippen LogP contribution >= 0.6 is 11.3 Å². The first kappa shape index (κ1) is 14.2. The SMILES string of the molecule is N#CCCCOC(=O)CCNC(=O)c1cccs1. The maximum absolute atomic E-state index is 11.5. The van der Waals surface area contributed by atoms with E-state index in [1.807, 2.05) is 11.4 Å². The van der Waals surface area contributed by atoms with Crippen LogP contribution < -0.4 is 5.32 Å². The molecule has 0 atom stereocenters. The maximum Gasteiger partial charge on any atom is 0.307 e. The molecular formula is C12H14N2O3S. The molecule has 0 aliphatic rings. The van der Waals surface area contributed by atoms with E-state index in [9.17, 15) is 9.59 Å². The number of thiophene rings is 1. The summed E-state index contributed by atoms with van der Waals surface area (Å²) in [6.07, 6.45) is 1.07. The van der Waals surface area contributed by atoms with Crippen molar-refractivity contribution in [2.75, 3.05) is 13.2 Å². The number of hydrogen-bond donors (Lipinski definition) is 1. The predicted molar refractivity (Wildman–Crippen MR) is 67.1 cm³/mol. The van der Waals surface area contributed by atoms with Gasteiger partial charge in [-0.1, -0.05) is 6.07 Å². The van der Waals surface area contributed by atoms with Crippen LogP contribution in [0, 0.1) is 11.3 Å². The Morgan fingerprint density at radius 1 is 1.50 bits per heavy atom. The fourth-order valence-electron chi connectivity index (χ4n) is 1.18. The minimum Gasteiger partial charge on any atom is -0.466 e. The molecular weight excluding hydrogens is 252 g/mol. The van der Waals surface area contributed by atoms with Gasteiger partial charge < -0.3 is 10.1 Å². The minimum atomic E-state index is -0.362. The van der Waals surface area contributed by atoms with Crippen molar-refractivity contribution in [3.63, 3.8) is 0 Å². The third kappa shape index (κ3) is 5.46. The van der Waals surface area contributed by atoms with Crippen LogP contribution in [0.2, 0.25) is 0 Å². The van der Waals surface area contributed by atoms with E-state index in [2.05, 4.69) is 5.32 Å². The molecule has 0 saturated carbocycles. The monoisotopic (exact) mass is 266 g/mol. The zero-order chi connectivity index (χ0) is 13.2. The number of ether oxygens (including phenoxy) is 1. The molecule has 1 rings (SSSR count). The number of carbonyl (C=O) groups is 2. The molecule has 0 aromatic carbocycles. The molecule has 1 heterocycles. The van der Waals surface area contributed by atoms with E-state index in [0.29, 0.717) is 17.7 Å². The number of carbonyl (C=O) groups excluding carboxylic acids is 2. The topological polar surface area (TPSA) is 79.2 Å². The minimum absolute atomic E-state index is 0.143. The molecule has 1 aromatic rings. The number of rotatable bonds is 7. The van der Waals surface area contributed by atoms with Crippen molar-refractivity contribution in [2.24, 2.45) is 0 Å². The molecule has 0 bridgehead atoms. The Morgan fingerprint density at radius 2 is 2.33 bits per heavy atom. The number of nitrogens with zero attached hydrogens (tertiary/aromatic N) is 1. The summed E-state index contributed by atoms with van der Waals surface area (Å²) in [5.74, 6) is -0.540. The van der Waals surface area contributed by atoms with Gasteiger partial charge >= 0.3 is 5.97 Å². The molecule has 6 heteroatoms. The van der Waals surface area contributed by atoms with Gasteiger partial charge in [-0.2, -0.15) is 5.26 Å². The molecule has 18 heavy (non-hydrogen) atoms. The average molecular weight is 266 g/mol. The highest BCUT2D eigenvalue weighted by Crippen LogP contribution is 2.07. The highest BCUT2D eigenvalue weighted by Gasteiger charge is 2.07. The number of unbranched alkanes of at least 4 members (excludes halogenated alkanes) is 1. The van der Waals surface area contributed by atoms with Crippen molar-refractivity contribution in [3.05, 3.63) is 22.4 Å². The smallest absolute Gasteiger partial charge is 0.307 e. The van der Waals surface area contributed by atoms with Crippen molar-refractivity contribution in [3.8, 4) is 6.07 Å². The molecule has 1 aromatic heterocycles. The van der Waals surface area contributed by atoms with E-state index in [-0.39, 0.29) is 31.4 Å². The van der Waals surface area contributed by atoms with Crippen LogP contribution in [0.1, 0.15) is 28.9 Å². The lowest BCUT2D eigenvalue weighted by Gasteiger charge is -2.04. The van der Waals surface area contributed by atoms with Gasteiger partial charge in [-0.15, -0.1) is 11.3 Å². The summed E-state index contributed by atoms with van der Waals surface area (Å²) in [7, 11) is 0. The van der Waals surface area contributed by atoms with Crippen LogP contribution in [0.25, 0.3) is 0 Å². The number of esters is 1. The van der Waals surface area contributed by atoms with Gasteiger partial charge in [-0.3, -0.25) is 9.59 Å². The molecule has 0 aliphatic heterocycles. The van der Waals surface area contributed by atoms with Gasteiger partial charge in [0.2, 0.25) is 0 Å². The van der Waals surface area contributed by atoms with Gasteiger partial charge in [0, 0.05) is 13.0 Å². The first-order chi connectivity index (χ1) is 8.74. The summed E-state index contributed by atoms with van der Waals surface area (Å²) in [4.78, 5) is 23.3. The number of hydrogen-bond acceptors (Lipinski definition) is 5. The Bertz CT molecular complexity index is 423. The molecule has 0 spiro atoms. The van der Waals surface area contributed by atoms with Crippen molar-refractivity contribution in [1.82, 2.24) is 5.32 Å². The van der Waals surface area contributed by atoms with Crippen molar-refractivity contribution >= 4 is 23.2 Å². The molecule has 0 aliphatic carbocycles. The molecule has 0 unspecified atom stereocenters. The Labute approximate surface area is 109 Å². The second kappa shape index (κ2) is 8.25.